The molecular weight excluding hydrogens is 260 g/mol. The van der Waals surface area contributed by atoms with Crippen molar-refractivity contribution in [2.75, 3.05) is 0 Å². The number of hydrogen-bond acceptors (Lipinski definition) is 5. The van der Waals surface area contributed by atoms with Gasteiger partial charge in [0.05, 0.1) is 4.92 Å². The van der Waals surface area contributed by atoms with E-state index < -0.39 is 4.92 Å². The molecule has 2 aromatic heterocycles. The number of fused-ring (bicyclic) bond motifs is 1. The Morgan fingerprint density at radius 3 is 2.90 bits per heavy atom. The summed E-state index contributed by atoms with van der Waals surface area (Å²) in [4.78, 5) is 14.3. The molecule has 0 aliphatic carbocycles. The molecule has 0 aliphatic heterocycles. The van der Waals surface area contributed by atoms with E-state index in [1.807, 2.05) is 0 Å². The van der Waals surface area contributed by atoms with E-state index in [1.165, 1.54) is 18.5 Å². The van der Waals surface area contributed by atoms with Gasteiger partial charge in [0.2, 0.25) is 0 Å². The summed E-state index contributed by atoms with van der Waals surface area (Å²) in [7, 11) is 0. The first kappa shape index (κ1) is 12.1. The van der Waals surface area contributed by atoms with E-state index in [9.17, 15) is 10.1 Å². The molecule has 0 saturated heterocycles. The molecule has 0 aliphatic rings. The third kappa shape index (κ3) is 2.16. The lowest BCUT2D eigenvalue weighted by atomic mass is 10.2. The smallest absolute Gasteiger partial charge is 0.269 e. The van der Waals surface area contributed by atoms with Gasteiger partial charge in [0.15, 0.2) is 5.65 Å². The first-order valence-electron chi connectivity index (χ1n) is 5.86. The minimum Gasteiger partial charge on any atom is -0.457 e. The minimum absolute atomic E-state index is 0.0442. The van der Waals surface area contributed by atoms with Crippen LogP contribution in [0.3, 0.4) is 0 Å². The fraction of sp³-hybridized carbons (Fsp3) is 0.0769. The summed E-state index contributed by atoms with van der Waals surface area (Å²) < 4.78 is 7.34. The molecule has 3 rings (SSSR count). The fourth-order valence-corrected chi connectivity index (χ4v) is 1.85. The maximum absolute atomic E-state index is 10.7. The molecule has 100 valence electrons. The van der Waals surface area contributed by atoms with E-state index in [1.54, 1.807) is 35.8 Å². The van der Waals surface area contributed by atoms with Crippen molar-refractivity contribution in [3.8, 4) is 11.5 Å². The number of aromatic nitrogens is 3. The molecule has 1 aromatic carbocycles. The zero-order valence-corrected chi connectivity index (χ0v) is 10.6. The maximum atomic E-state index is 10.7. The van der Waals surface area contributed by atoms with Crippen molar-refractivity contribution in [2.45, 2.75) is 6.92 Å². The van der Waals surface area contributed by atoms with Crippen LogP contribution in [-0.4, -0.2) is 19.5 Å². The van der Waals surface area contributed by atoms with Crippen LogP contribution in [0.4, 0.5) is 5.69 Å². The minimum atomic E-state index is -0.432. The van der Waals surface area contributed by atoms with Gasteiger partial charge in [-0.25, -0.2) is 9.50 Å². The topological polar surface area (TPSA) is 82.6 Å². The van der Waals surface area contributed by atoms with Crippen LogP contribution in [0.2, 0.25) is 0 Å². The molecular formula is C13H10N4O3. The van der Waals surface area contributed by atoms with E-state index in [-0.39, 0.29) is 5.69 Å². The Morgan fingerprint density at radius 1 is 1.30 bits per heavy atom. The predicted octanol–water partition coefficient (Wildman–Crippen LogP) is 2.74. The zero-order chi connectivity index (χ0) is 14.1. The van der Waals surface area contributed by atoms with Gasteiger partial charge in [-0.2, -0.15) is 5.10 Å². The van der Waals surface area contributed by atoms with Crippen LogP contribution in [0.25, 0.3) is 5.65 Å². The van der Waals surface area contributed by atoms with Crippen molar-refractivity contribution in [1.82, 2.24) is 14.6 Å². The molecule has 0 radical (unpaired) electrons. The summed E-state index contributed by atoms with van der Waals surface area (Å²) in [6.07, 6.45) is 3.19. The summed E-state index contributed by atoms with van der Waals surface area (Å²) in [5.41, 5.74) is 1.41. The second-order valence-electron chi connectivity index (χ2n) is 4.23. The lowest BCUT2D eigenvalue weighted by Gasteiger charge is -2.08. The number of hydrogen-bond donors (Lipinski definition) is 0. The normalized spacial score (nSPS) is 10.7. The van der Waals surface area contributed by atoms with E-state index in [4.69, 9.17) is 4.74 Å². The third-order valence-electron chi connectivity index (χ3n) is 2.85. The van der Waals surface area contributed by atoms with Gasteiger partial charge in [-0.05, 0) is 24.6 Å². The average Bonchev–Trinajstić information content (AvgIpc) is 2.88. The van der Waals surface area contributed by atoms with Gasteiger partial charge >= 0.3 is 0 Å². The number of ether oxygens (including phenoxy) is 1. The van der Waals surface area contributed by atoms with Gasteiger partial charge in [0.25, 0.3) is 5.69 Å². The lowest BCUT2D eigenvalue weighted by Crippen LogP contribution is -1.93. The number of nitro groups is 1. The van der Waals surface area contributed by atoms with Crippen molar-refractivity contribution in [2.24, 2.45) is 0 Å². The van der Waals surface area contributed by atoms with Crippen LogP contribution < -0.4 is 4.74 Å². The summed E-state index contributed by atoms with van der Waals surface area (Å²) in [6, 6.07) is 7.97. The molecule has 7 nitrogen and oxygen atoms in total. The van der Waals surface area contributed by atoms with Crippen molar-refractivity contribution >= 4 is 11.3 Å². The third-order valence-corrected chi connectivity index (χ3v) is 2.85. The van der Waals surface area contributed by atoms with Gasteiger partial charge in [-0.3, -0.25) is 10.1 Å². The monoisotopic (exact) mass is 270 g/mol. The fourth-order valence-electron chi connectivity index (χ4n) is 1.85. The van der Waals surface area contributed by atoms with Gasteiger partial charge in [-0.15, -0.1) is 0 Å². The maximum Gasteiger partial charge on any atom is 0.269 e. The molecule has 20 heavy (non-hydrogen) atoms. The van der Waals surface area contributed by atoms with Crippen molar-refractivity contribution in [3.05, 3.63) is 58.5 Å². The van der Waals surface area contributed by atoms with Gasteiger partial charge in [0.1, 0.15) is 17.8 Å². The molecule has 0 amide bonds. The Balaban J connectivity index is 1.92. The first-order chi connectivity index (χ1) is 9.63. The van der Waals surface area contributed by atoms with Crippen LogP contribution >= 0.6 is 0 Å². The summed E-state index contributed by atoms with van der Waals surface area (Å²) in [5.74, 6) is 1.17. The summed E-state index contributed by atoms with van der Waals surface area (Å²) in [6.45, 7) is 1.76. The Morgan fingerprint density at radius 2 is 2.15 bits per heavy atom. The second-order valence-corrected chi connectivity index (χ2v) is 4.23. The van der Waals surface area contributed by atoms with Gasteiger partial charge in [-0.1, -0.05) is 0 Å². The quantitative estimate of drug-likeness (QED) is 0.539. The molecule has 0 N–H and O–H groups in total. The molecule has 7 heteroatoms. The SMILES string of the molecule is Cc1cc([N+](=O)[O-])ccc1Oc1ccn2ncnc2c1. The Bertz CT molecular complexity index is 797. The van der Waals surface area contributed by atoms with Crippen LogP contribution in [0.1, 0.15) is 5.56 Å². The van der Waals surface area contributed by atoms with Crippen LogP contribution in [0, 0.1) is 17.0 Å². The van der Waals surface area contributed by atoms with E-state index in [2.05, 4.69) is 10.1 Å². The standard InChI is InChI=1S/C13H10N4O3/c1-9-6-10(17(18)19)2-3-12(9)20-11-4-5-16-13(7-11)14-8-15-16/h2-8H,1H3. The summed E-state index contributed by atoms with van der Waals surface area (Å²) >= 11 is 0. The van der Waals surface area contributed by atoms with E-state index in [0.717, 1.165) is 0 Å². The number of non-ortho nitro benzene ring substituents is 1. The molecule has 3 aromatic rings. The number of nitrogens with zero attached hydrogens (tertiary/aromatic N) is 4. The van der Waals surface area contributed by atoms with Crippen molar-refractivity contribution < 1.29 is 9.66 Å². The largest absolute Gasteiger partial charge is 0.457 e. The highest BCUT2D eigenvalue weighted by molar-refractivity contribution is 5.47. The van der Waals surface area contributed by atoms with Crippen LogP contribution in [-0.2, 0) is 0 Å². The van der Waals surface area contributed by atoms with Gasteiger partial charge < -0.3 is 4.74 Å². The molecule has 2 heterocycles. The molecule has 0 fully saturated rings. The number of rotatable bonds is 3. The van der Waals surface area contributed by atoms with Crippen LogP contribution in [0.5, 0.6) is 11.5 Å². The Hall–Kier alpha value is -2.96. The highest BCUT2D eigenvalue weighted by atomic mass is 16.6. The number of aryl methyl sites for hydroxylation is 1. The van der Waals surface area contributed by atoms with E-state index in [0.29, 0.717) is 22.7 Å². The summed E-state index contributed by atoms with van der Waals surface area (Å²) in [5, 5.41) is 14.7. The first-order valence-corrected chi connectivity index (χ1v) is 5.86. The average molecular weight is 270 g/mol. The Labute approximate surface area is 113 Å². The number of pyridine rings is 1. The number of benzene rings is 1. The van der Waals surface area contributed by atoms with E-state index >= 15 is 0 Å². The molecule has 0 bridgehead atoms. The number of nitro benzene ring substituents is 1. The van der Waals surface area contributed by atoms with Crippen molar-refractivity contribution in [1.29, 1.82) is 0 Å². The highest BCUT2D eigenvalue weighted by Gasteiger charge is 2.09. The Kier molecular flexibility index (Phi) is 2.79. The molecule has 0 atom stereocenters. The van der Waals surface area contributed by atoms with Crippen molar-refractivity contribution in [3.63, 3.8) is 0 Å². The second kappa shape index (κ2) is 4.61. The lowest BCUT2D eigenvalue weighted by molar-refractivity contribution is -0.384. The van der Waals surface area contributed by atoms with Gasteiger partial charge in [0, 0.05) is 24.4 Å². The zero-order valence-electron chi connectivity index (χ0n) is 10.6. The predicted molar refractivity (Wildman–Crippen MR) is 70.9 cm³/mol. The van der Waals surface area contributed by atoms with Crippen LogP contribution in [0.15, 0.2) is 42.9 Å². The molecule has 0 saturated carbocycles. The molecule has 0 spiro atoms. The highest BCUT2D eigenvalue weighted by Crippen LogP contribution is 2.28. The molecule has 0 unspecified atom stereocenters.